The molecule has 2 nitrogen and oxygen atoms in total. The molecule has 0 aliphatic carbocycles. The van der Waals surface area contributed by atoms with Gasteiger partial charge in [-0.05, 0) is 12.5 Å². The maximum absolute atomic E-state index is 11.4. The van der Waals surface area contributed by atoms with Crippen molar-refractivity contribution in [3.63, 3.8) is 0 Å². The van der Waals surface area contributed by atoms with E-state index < -0.39 is 0 Å². The second-order valence-electron chi connectivity index (χ2n) is 2.93. The zero-order chi connectivity index (χ0) is 9.84. The van der Waals surface area contributed by atoms with Crippen molar-refractivity contribution in [3.05, 3.63) is 34.9 Å². The fourth-order valence-corrected chi connectivity index (χ4v) is 1.27. The van der Waals surface area contributed by atoms with Gasteiger partial charge in [0.25, 0.3) is 0 Å². The van der Waals surface area contributed by atoms with Crippen molar-refractivity contribution in [2.75, 3.05) is 0 Å². The van der Waals surface area contributed by atoms with Crippen molar-refractivity contribution in [2.24, 2.45) is 0 Å². The molecule has 2 heteroatoms. The number of aldehydes is 1. The number of benzene rings is 1. The van der Waals surface area contributed by atoms with Gasteiger partial charge in [-0.15, -0.1) is 0 Å². The van der Waals surface area contributed by atoms with E-state index in [1.54, 1.807) is 19.1 Å². The molecular formula is C11H12O2. The predicted molar refractivity (Wildman–Crippen MR) is 51.2 cm³/mol. The molecule has 68 valence electrons. The molecule has 0 saturated heterocycles. The summed E-state index contributed by atoms with van der Waals surface area (Å²) in [7, 11) is 0. The van der Waals surface area contributed by atoms with Gasteiger partial charge in [0.2, 0.25) is 0 Å². The lowest BCUT2D eigenvalue weighted by atomic mass is 9.99. The zero-order valence-electron chi connectivity index (χ0n) is 7.83. The molecule has 0 aliphatic heterocycles. The van der Waals surface area contributed by atoms with E-state index in [1.165, 1.54) is 0 Å². The van der Waals surface area contributed by atoms with Gasteiger partial charge in [-0.3, -0.25) is 9.59 Å². The lowest BCUT2D eigenvalue weighted by Gasteiger charge is -2.04. The number of aryl methyl sites for hydroxylation is 1. The second-order valence-corrected chi connectivity index (χ2v) is 2.93. The summed E-state index contributed by atoms with van der Waals surface area (Å²) < 4.78 is 0. The van der Waals surface area contributed by atoms with Crippen LogP contribution in [0.3, 0.4) is 0 Å². The normalized spacial score (nSPS) is 9.69. The Morgan fingerprint density at radius 2 is 2.15 bits per heavy atom. The van der Waals surface area contributed by atoms with E-state index in [2.05, 4.69) is 0 Å². The predicted octanol–water partition coefficient (Wildman–Crippen LogP) is 2.40. The third-order valence-corrected chi connectivity index (χ3v) is 2.06. The van der Waals surface area contributed by atoms with E-state index in [0.717, 1.165) is 11.8 Å². The van der Waals surface area contributed by atoms with Gasteiger partial charge < -0.3 is 0 Å². The van der Waals surface area contributed by atoms with Gasteiger partial charge in [-0.25, -0.2) is 0 Å². The summed E-state index contributed by atoms with van der Waals surface area (Å²) in [5, 5.41) is 0. The van der Waals surface area contributed by atoms with Gasteiger partial charge in [-0.1, -0.05) is 25.1 Å². The summed E-state index contributed by atoms with van der Waals surface area (Å²) in [5.41, 5.74) is 1.92. The average molecular weight is 176 g/mol. The summed E-state index contributed by atoms with van der Waals surface area (Å²) >= 11 is 0. The fourth-order valence-electron chi connectivity index (χ4n) is 1.27. The quantitative estimate of drug-likeness (QED) is 0.523. The van der Waals surface area contributed by atoms with E-state index >= 15 is 0 Å². The van der Waals surface area contributed by atoms with E-state index in [-0.39, 0.29) is 5.78 Å². The number of hydrogen-bond donors (Lipinski definition) is 0. The minimum Gasteiger partial charge on any atom is -0.298 e. The summed E-state index contributed by atoms with van der Waals surface area (Å²) in [6.45, 7) is 3.62. The van der Waals surface area contributed by atoms with Gasteiger partial charge in [0.1, 0.15) is 0 Å². The lowest BCUT2D eigenvalue weighted by Crippen LogP contribution is -2.03. The molecule has 0 fully saturated rings. The number of Topliss-reactive ketones (excluding diaryl/α,β-unsaturated/α-hetero) is 1. The standard InChI is InChI=1S/C11H12O2/c1-3-11(13)9-6-4-5-8(2)10(9)7-12/h4-7H,3H2,1-2H3. The van der Waals surface area contributed by atoms with Crippen LogP contribution in [-0.4, -0.2) is 12.1 Å². The molecule has 0 amide bonds. The molecule has 1 rings (SSSR count). The Hall–Kier alpha value is -1.44. The molecular weight excluding hydrogens is 164 g/mol. The number of carbonyl (C=O) groups excluding carboxylic acids is 2. The Balaban J connectivity index is 3.28. The van der Waals surface area contributed by atoms with Crippen LogP contribution in [0.25, 0.3) is 0 Å². The Bertz CT molecular complexity index is 340. The molecule has 0 unspecified atom stereocenters. The van der Waals surface area contributed by atoms with E-state index in [1.807, 2.05) is 13.0 Å². The minimum absolute atomic E-state index is 0.0193. The molecule has 0 aromatic heterocycles. The molecule has 0 heterocycles. The van der Waals surface area contributed by atoms with Crippen molar-refractivity contribution in [2.45, 2.75) is 20.3 Å². The molecule has 1 aromatic carbocycles. The van der Waals surface area contributed by atoms with Crippen LogP contribution in [0.15, 0.2) is 18.2 Å². The number of hydrogen-bond acceptors (Lipinski definition) is 2. The Morgan fingerprint density at radius 3 is 2.69 bits per heavy atom. The highest BCUT2D eigenvalue weighted by molar-refractivity contribution is 6.03. The SMILES string of the molecule is CCC(=O)c1cccc(C)c1C=O. The first-order chi connectivity index (χ1) is 6.20. The fraction of sp³-hybridized carbons (Fsp3) is 0.273. The molecule has 0 spiro atoms. The van der Waals surface area contributed by atoms with Crippen molar-refractivity contribution in [1.29, 1.82) is 0 Å². The number of ketones is 1. The van der Waals surface area contributed by atoms with Gasteiger partial charge in [-0.2, -0.15) is 0 Å². The molecule has 1 aromatic rings. The summed E-state index contributed by atoms with van der Waals surface area (Å²) in [5.74, 6) is 0.0193. The van der Waals surface area contributed by atoms with Crippen LogP contribution < -0.4 is 0 Å². The van der Waals surface area contributed by atoms with E-state index in [9.17, 15) is 9.59 Å². The van der Waals surface area contributed by atoms with Crippen LogP contribution in [0, 0.1) is 6.92 Å². The third-order valence-electron chi connectivity index (χ3n) is 2.06. The van der Waals surface area contributed by atoms with E-state index in [4.69, 9.17) is 0 Å². The van der Waals surface area contributed by atoms with Crippen LogP contribution >= 0.6 is 0 Å². The lowest BCUT2D eigenvalue weighted by molar-refractivity contribution is 0.0981. The highest BCUT2D eigenvalue weighted by atomic mass is 16.1. The van der Waals surface area contributed by atoms with E-state index in [0.29, 0.717) is 17.5 Å². The van der Waals surface area contributed by atoms with Crippen molar-refractivity contribution in [1.82, 2.24) is 0 Å². The number of rotatable bonds is 3. The van der Waals surface area contributed by atoms with Gasteiger partial charge in [0, 0.05) is 17.5 Å². The minimum atomic E-state index is 0.0193. The highest BCUT2D eigenvalue weighted by Gasteiger charge is 2.09. The maximum Gasteiger partial charge on any atom is 0.163 e. The Morgan fingerprint density at radius 1 is 1.46 bits per heavy atom. The van der Waals surface area contributed by atoms with Crippen LogP contribution in [0.5, 0.6) is 0 Å². The Kier molecular flexibility index (Phi) is 2.96. The molecule has 0 aliphatic rings. The monoisotopic (exact) mass is 176 g/mol. The largest absolute Gasteiger partial charge is 0.298 e. The molecule has 0 atom stereocenters. The molecule has 0 saturated carbocycles. The van der Waals surface area contributed by atoms with Crippen molar-refractivity contribution in [3.8, 4) is 0 Å². The second kappa shape index (κ2) is 3.99. The average Bonchev–Trinajstić information content (AvgIpc) is 2.16. The molecule has 13 heavy (non-hydrogen) atoms. The molecule has 0 bridgehead atoms. The molecule has 0 N–H and O–H groups in total. The van der Waals surface area contributed by atoms with Crippen molar-refractivity contribution >= 4 is 12.1 Å². The zero-order valence-corrected chi connectivity index (χ0v) is 7.83. The number of carbonyl (C=O) groups is 2. The van der Waals surface area contributed by atoms with Crippen LogP contribution in [0.4, 0.5) is 0 Å². The molecule has 0 radical (unpaired) electrons. The Labute approximate surface area is 77.6 Å². The van der Waals surface area contributed by atoms with Gasteiger partial charge in [0.05, 0.1) is 0 Å². The summed E-state index contributed by atoms with van der Waals surface area (Å²) in [6, 6.07) is 5.32. The first-order valence-corrected chi connectivity index (χ1v) is 4.28. The first-order valence-electron chi connectivity index (χ1n) is 4.28. The smallest absolute Gasteiger partial charge is 0.163 e. The van der Waals surface area contributed by atoms with Crippen molar-refractivity contribution < 1.29 is 9.59 Å². The highest BCUT2D eigenvalue weighted by Crippen LogP contribution is 2.13. The van der Waals surface area contributed by atoms with Gasteiger partial charge >= 0.3 is 0 Å². The topological polar surface area (TPSA) is 34.1 Å². The van der Waals surface area contributed by atoms with Crippen LogP contribution in [-0.2, 0) is 0 Å². The van der Waals surface area contributed by atoms with Crippen LogP contribution in [0.1, 0.15) is 39.6 Å². The first kappa shape index (κ1) is 9.65. The van der Waals surface area contributed by atoms with Crippen LogP contribution in [0.2, 0.25) is 0 Å². The summed E-state index contributed by atoms with van der Waals surface area (Å²) in [4.78, 5) is 22.1. The maximum atomic E-state index is 11.4. The van der Waals surface area contributed by atoms with Gasteiger partial charge in [0.15, 0.2) is 12.1 Å². The summed E-state index contributed by atoms with van der Waals surface area (Å²) in [6.07, 6.45) is 1.18. The third kappa shape index (κ3) is 1.83.